The van der Waals surface area contributed by atoms with E-state index >= 15 is 0 Å². The Morgan fingerprint density at radius 3 is 2.14 bits per heavy atom. The highest BCUT2D eigenvalue weighted by Gasteiger charge is 2.41. The molecule has 152 valence electrons. The number of benzene rings is 1. The van der Waals surface area contributed by atoms with Gasteiger partial charge in [-0.15, -0.1) is 0 Å². The summed E-state index contributed by atoms with van der Waals surface area (Å²) in [6.07, 6.45) is -5.88. The third-order valence-electron chi connectivity index (χ3n) is 4.05. The molecule has 0 saturated heterocycles. The minimum atomic E-state index is -4.73. The monoisotopic (exact) mass is 402 g/mol. The van der Waals surface area contributed by atoms with E-state index in [0.717, 1.165) is 0 Å². The number of hydroxylamine groups is 2. The maximum absolute atomic E-state index is 12.4. The number of carbonyl (C=O) groups is 4. The van der Waals surface area contributed by atoms with Crippen LogP contribution in [0.5, 0.6) is 0 Å². The van der Waals surface area contributed by atoms with Crippen LogP contribution in [0.15, 0.2) is 24.3 Å². The molecule has 0 radical (unpaired) electrons. The van der Waals surface area contributed by atoms with Crippen molar-refractivity contribution in [2.24, 2.45) is 5.92 Å². The van der Waals surface area contributed by atoms with Crippen molar-refractivity contribution in [3.63, 3.8) is 0 Å². The highest BCUT2D eigenvalue weighted by molar-refractivity contribution is 6.20. The molecule has 8 nitrogen and oxygen atoms in total. The minimum absolute atomic E-state index is 0.0398. The number of amides is 3. The number of fused-ring (bicyclic) bond motifs is 1. The summed E-state index contributed by atoms with van der Waals surface area (Å²) in [5, 5.41) is 2.23. The van der Waals surface area contributed by atoms with Gasteiger partial charge in [0, 0.05) is 0 Å². The molecule has 1 N–H and O–H groups in total. The van der Waals surface area contributed by atoms with Gasteiger partial charge >= 0.3 is 18.2 Å². The Kier molecular flexibility index (Phi) is 6.26. The standard InChI is InChI=1S/C17H17F3N2O6/c1-3-9(2)12(21-16(26)27-8-17(18,19)20)15(25)28-22-13(23)10-6-4-5-7-11(10)14(22)24/h4-7,9,12H,3,8H2,1-2H3,(H,21,26)/t9-,12-/m0/s1. The van der Waals surface area contributed by atoms with Crippen LogP contribution >= 0.6 is 0 Å². The summed E-state index contributed by atoms with van der Waals surface area (Å²) in [4.78, 5) is 53.3. The van der Waals surface area contributed by atoms with Gasteiger partial charge in [-0.3, -0.25) is 9.59 Å². The second kappa shape index (κ2) is 8.28. The van der Waals surface area contributed by atoms with E-state index < -0.39 is 48.6 Å². The molecule has 28 heavy (non-hydrogen) atoms. The van der Waals surface area contributed by atoms with E-state index in [2.05, 4.69) is 4.74 Å². The molecule has 1 heterocycles. The van der Waals surface area contributed by atoms with E-state index in [1.54, 1.807) is 6.92 Å². The molecule has 0 spiro atoms. The van der Waals surface area contributed by atoms with Crippen molar-refractivity contribution in [1.29, 1.82) is 0 Å². The lowest BCUT2D eigenvalue weighted by Crippen LogP contribution is -2.49. The predicted octanol–water partition coefficient (Wildman–Crippen LogP) is 2.44. The van der Waals surface area contributed by atoms with Crippen molar-refractivity contribution < 1.29 is 41.9 Å². The van der Waals surface area contributed by atoms with Crippen molar-refractivity contribution in [3.05, 3.63) is 35.4 Å². The number of rotatable bonds is 6. The molecule has 0 aliphatic carbocycles. The van der Waals surface area contributed by atoms with Gasteiger partial charge in [-0.1, -0.05) is 37.5 Å². The van der Waals surface area contributed by atoms with Crippen molar-refractivity contribution >= 4 is 23.9 Å². The molecule has 1 aliphatic heterocycles. The van der Waals surface area contributed by atoms with Crippen molar-refractivity contribution in [2.45, 2.75) is 32.5 Å². The third kappa shape index (κ3) is 4.78. The number of nitrogens with zero attached hydrogens (tertiary/aromatic N) is 1. The Bertz CT molecular complexity index is 760. The molecule has 2 atom stereocenters. The first-order chi connectivity index (χ1) is 13.0. The summed E-state index contributed by atoms with van der Waals surface area (Å²) in [5.41, 5.74) is 0.0795. The second-order valence-electron chi connectivity index (χ2n) is 6.06. The molecule has 3 amide bonds. The number of carbonyl (C=O) groups excluding carboxylic acids is 4. The molecule has 0 fully saturated rings. The number of nitrogens with one attached hydrogen (secondary N) is 1. The van der Waals surface area contributed by atoms with Crippen LogP contribution in [0.4, 0.5) is 18.0 Å². The van der Waals surface area contributed by atoms with E-state index in [4.69, 9.17) is 4.84 Å². The normalized spacial score (nSPS) is 15.7. The van der Waals surface area contributed by atoms with Crippen molar-refractivity contribution in [1.82, 2.24) is 10.4 Å². The fourth-order valence-electron chi connectivity index (χ4n) is 2.38. The van der Waals surface area contributed by atoms with Gasteiger partial charge in [0.05, 0.1) is 11.1 Å². The maximum atomic E-state index is 12.4. The van der Waals surface area contributed by atoms with Crippen LogP contribution in [-0.2, 0) is 14.4 Å². The first-order valence-corrected chi connectivity index (χ1v) is 8.24. The number of ether oxygens (including phenoxy) is 1. The number of halogens is 3. The van der Waals surface area contributed by atoms with E-state index in [9.17, 15) is 32.3 Å². The highest BCUT2D eigenvalue weighted by atomic mass is 19.4. The van der Waals surface area contributed by atoms with Crippen LogP contribution in [0.2, 0.25) is 0 Å². The molecule has 11 heteroatoms. The summed E-state index contributed by atoms with van der Waals surface area (Å²) in [6, 6.07) is 4.37. The zero-order valence-electron chi connectivity index (χ0n) is 14.9. The Morgan fingerprint density at radius 1 is 1.14 bits per heavy atom. The summed E-state index contributed by atoms with van der Waals surface area (Å²) in [7, 11) is 0. The van der Waals surface area contributed by atoms with E-state index in [0.29, 0.717) is 6.42 Å². The lowest BCUT2D eigenvalue weighted by molar-refractivity contribution is -0.173. The van der Waals surface area contributed by atoms with Gasteiger partial charge in [0.2, 0.25) is 0 Å². The predicted molar refractivity (Wildman–Crippen MR) is 86.8 cm³/mol. The minimum Gasteiger partial charge on any atom is -0.440 e. The molecule has 0 aromatic heterocycles. The summed E-state index contributed by atoms with van der Waals surface area (Å²) in [6.45, 7) is 1.35. The van der Waals surface area contributed by atoms with E-state index in [1.807, 2.05) is 5.32 Å². The molecule has 0 bridgehead atoms. The quantitative estimate of drug-likeness (QED) is 0.734. The Labute approximate surface area is 157 Å². The Hall–Kier alpha value is -3.11. The number of imide groups is 1. The molecule has 1 aromatic carbocycles. The smallest absolute Gasteiger partial charge is 0.422 e. The van der Waals surface area contributed by atoms with Crippen LogP contribution in [0.3, 0.4) is 0 Å². The molecular formula is C17H17F3N2O6. The number of alkyl halides is 3. The molecule has 2 rings (SSSR count). The molecular weight excluding hydrogens is 385 g/mol. The lowest BCUT2D eigenvalue weighted by Gasteiger charge is -2.24. The summed E-state index contributed by atoms with van der Waals surface area (Å²) < 4.78 is 40.4. The Morgan fingerprint density at radius 2 is 1.68 bits per heavy atom. The largest absolute Gasteiger partial charge is 0.440 e. The average molecular weight is 402 g/mol. The van der Waals surface area contributed by atoms with Gasteiger partial charge in [-0.05, 0) is 18.1 Å². The van der Waals surface area contributed by atoms with Gasteiger partial charge in [0.1, 0.15) is 6.04 Å². The topological polar surface area (TPSA) is 102 Å². The fourth-order valence-corrected chi connectivity index (χ4v) is 2.38. The molecule has 0 saturated carbocycles. The number of hydrogen-bond acceptors (Lipinski definition) is 6. The zero-order chi connectivity index (χ0) is 21.1. The zero-order valence-corrected chi connectivity index (χ0v) is 14.9. The first-order valence-electron chi connectivity index (χ1n) is 8.24. The fraction of sp³-hybridized carbons (Fsp3) is 0.412. The summed E-state index contributed by atoms with van der Waals surface area (Å²) >= 11 is 0. The van der Waals surface area contributed by atoms with Crippen LogP contribution in [-0.4, -0.2) is 47.8 Å². The van der Waals surface area contributed by atoms with Crippen molar-refractivity contribution in [2.75, 3.05) is 6.61 Å². The number of alkyl carbamates (subject to hydrolysis) is 1. The Balaban J connectivity index is 2.09. The van der Waals surface area contributed by atoms with Crippen molar-refractivity contribution in [3.8, 4) is 0 Å². The highest BCUT2D eigenvalue weighted by Crippen LogP contribution is 2.23. The molecule has 0 unspecified atom stereocenters. The number of hydrogen-bond donors (Lipinski definition) is 1. The maximum Gasteiger partial charge on any atom is 0.422 e. The van der Waals surface area contributed by atoms with E-state index in [-0.39, 0.29) is 16.2 Å². The van der Waals surface area contributed by atoms with Crippen LogP contribution in [0.25, 0.3) is 0 Å². The average Bonchev–Trinajstić information content (AvgIpc) is 2.88. The van der Waals surface area contributed by atoms with Gasteiger partial charge in [0.25, 0.3) is 11.8 Å². The summed E-state index contributed by atoms with van der Waals surface area (Å²) in [5.74, 6) is -3.50. The lowest BCUT2D eigenvalue weighted by atomic mass is 9.99. The van der Waals surface area contributed by atoms with Crippen LogP contribution in [0.1, 0.15) is 41.0 Å². The van der Waals surface area contributed by atoms with Gasteiger partial charge in [-0.25, -0.2) is 9.59 Å². The van der Waals surface area contributed by atoms with Gasteiger partial charge < -0.3 is 14.9 Å². The SMILES string of the molecule is CC[C@H](C)[C@H](NC(=O)OCC(F)(F)F)C(=O)ON1C(=O)c2ccccc2C1=O. The molecule has 1 aromatic rings. The van der Waals surface area contributed by atoms with Gasteiger partial charge in [0.15, 0.2) is 6.61 Å². The van der Waals surface area contributed by atoms with E-state index in [1.165, 1.54) is 31.2 Å². The van der Waals surface area contributed by atoms with Crippen LogP contribution < -0.4 is 5.32 Å². The third-order valence-corrected chi connectivity index (χ3v) is 4.05. The molecule has 1 aliphatic rings. The van der Waals surface area contributed by atoms with Gasteiger partial charge in [-0.2, -0.15) is 13.2 Å². The van der Waals surface area contributed by atoms with Crippen LogP contribution in [0, 0.1) is 5.92 Å². The first kappa shape index (κ1) is 21.2. The second-order valence-corrected chi connectivity index (χ2v) is 6.06.